The summed E-state index contributed by atoms with van der Waals surface area (Å²) in [7, 11) is 0. The fraction of sp³-hybridized carbons (Fsp3) is 0.348. The van der Waals surface area contributed by atoms with E-state index in [-0.39, 0.29) is 17.5 Å². The van der Waals surface area contributed by atoms with Gasteiger partial charge in [0.2, 0.25) is 5.43 Å². The van der Waals surface area contributed by atoms with Crippen LogP contribution in [0.4, 0.5) is 10.2 Å². The molecule has 0 aliphatic carbocycles. The minimum absolute atomic E-state index is 0.107. The van der Waals surface area contributed by atoms with Crippen molar-refractivity contribution in [3.8, 4) is 0 Å². The zero-order valence-corrected chi connectivity index (χ0v) is 18.8. The first kappa shape index (κ1) is 21.7. The monoisotopic (exact) mass is 469 g/mol. The van der Waals surface area contributed by atoms with Gasteiger partial charge in [0.1, 0.15) is 22.9 Å². The standard InChI is InChI=1S/C23H24FN5O3S/c24-7-8-25-9-10-26-22(31)19-20(30)15-5-6-18(28-11-13-32-14-12-28)27-21(15)29-16-3-1-2-4-17(16)33-23(19)29/h1-6,25H,7-14H2,(H,26,31). The Morgan fingerprint density at radius 3 is 2.76 bits per heavy atom. The first-order valence-electron chi connectivity index (χ1n) is 10.9. The van der Waals surface area contributed by atoms with E-state index in [2.05, 4.69) is 15.5 Å². The van der Waals surface area contributed by atoms with Crippen LogP contribution in [0.3, 0.4) is 0 Å². The van der Waals surface area contributed by atoms with Crippen molar-refractivity contribution in [2.75, 3.05) is 57.5 Å². The van der Waals surface area contributed by atoms with Gasteiger partial charge in [0.05, 0.1) is 28.8 Å². The lowest BCUT2D eigenvalue weighted by Gasteiger charge is -2.27. The number of alkyl halides is 1. The predicted molar refractivity (Wildman–Crippen MR) is 129 cm³/mol. The molecule has 3 aromatic heterocycles. The summed E-state index contributed by atoms with van der Waals surface area (Å²) in [4.78, 5) is 34.1. The van der Waals surface area contributed by atoms with E-state index in [4.69, 9.17) is 9.72 Å². The number of hydrogen-bond acceptors (Lipinski definition) is 7. The Hall–Kier alpha value is -3.08. The molecule has 1 aliphatic rings. The molecule has 1 aliphatic heterocycles. The number of aromatic nitrogens is 2. The number of hydrogen-bond donors (Lipinski definition) is 2. The fourth-order valence-corrected chi connectivity index (χ4v) is 5.27. The van der Waals surface area contributed by atoms with Crippen LogP contribution in [0.25, 0.3) is 26.1 Å². The molecule has 0 atom stereocenters. The van der Waals surface area contributed by atoms with Crippen LogP contribution >= 0.6 is 11.3 Å². The van der Waals surface area contributed by atoms with Crippen LogP contribution in [0.15, 0.2) is 41.2 Å². The molecule has 1 saturated heterocycles. The van der Waals surface area contributed by atoms with Gasteiger partial charge in [-0.15, -0.1) is 11.3 Å². The zero-order chi connectivity index (χ0) is 22.8. The fourth-order valence-electron chi connectivity index (χ4n) is 4.09. The van der Waals surface area contributed by atoms with Gasteiger partial charge in [-0.05, 0) is 24.3 Å². The zero-order valence-electron chi connectivity index (χ0n) is 18.0. The van der Waals surface area contributed by atoms with Crippen molar-refractivity contribution < 1.29 is 13.9 Å². The number of para-hydroxylation sites is 1. The SMILES string of the molecule is O=C(NCCNCCF)c1c(=O)c2ccc(N3CCOCC3)nc2n2c1sc1ccccc12. The minimum Gasteiger partial charge on any atom is -0.378 e. The number of nitrogens with zero attached hydrogens (tertiary/aromatic N) is 3. The molecule has 0 spiro atoms. The van der Waals surface area contributed by atoms with Crippen molar-refractivity contribution in [1.29, 1.82) is 0 Å². The Labute approximate surface area is 193 Å². The molecule has 1 fully saturated rings. The molecule has 2 N–H and O–H groups in total. The van der Waals surface area contributed by atoms with Crippen LogP contribution in [0, 0.1) is 0 Å². The molecule has 0 unspecified atom stereocenters. The number of anilines is 1. The maximum absolute atomic E-state index is 13.5. The quantitative estimate of drug-likeness (QED) is 0.404. The Balaban J connectivity index is 1.65. The minimum atomic E-state index is -0.470. The van der Waals surface area contributed by atoms with Crippen molar-refractivity contribution in [2.45, 2.75) is 0 Å². The molecule has 0 saturated carbocycles. The van der Waals surface area contributed by atoms with Crippen LogP contribution in [-0.2, 0) is 4.74 Å². The highest BCUT2D eigenvalue weighted by atomic mass is 32.1. The number of morpholine rings is 1. The van der Waals surface area contributed by atoms with E-state index in [1.807, 2.05) is 34.7 Å². The van der Waals surface area contributed by atoms with Crippen LogP contribution in [0.5, 0.6) is 0 Å². The van der Waals surface area contributed by atoms with Gasteiger partial charge in [-0.3, -0.25) is 14.0 Å². The summed E-state index contributed by atoms with van der Waals surface area (Å²) in [5.41, 5.74) is 1.20. The van der Waals surface area contributed by atoms with Crippen molar-refractivity contribution in [3.05, 3.63) is 52.2 Å². The lowest BCUT2D eigenvalue weighted by molar-refractivity contribution is 0.0954. The second kappa shape index (κ2) is 9.42. The second-order valence-electron chi connectivity index (χ2n) is 7.75. The van der Waals surface area contributed by atoms with Gasteiger partial charge in [0, 0.05) is 32.7 Å². The highest BCUT2D eigenvalue weighted by Gasteiger charge is 2.23. The molecule has 0 bridgehead atoms. The number of pyridine rings is 2. The number of ether oxygens (including phenoxy) is 1. The lowest BCUT2D eigenvalue weighted by atomic mass is 10.1. The molecule has 33 heavy (non-hydrogen) atoms. The summed E-state index contributed by atoms with van der Waals surface area (Å²) in [5.74, 6) is 0.343. The molecule has 4 heterocycles. The van der Waals surface area contributed by atoms with E-state index in [1.54, 1.807) is 6.07 Å². The van der Waals surface area contributed by atoms with Gasteiger partial charge < -0.3 is 20.3 Å². The first-order valence-corrected chi connectivity index (χ1v) is 11.8. The smallest absolute Gasteiger partial charge is 0.258 e. The largest absolute Gasteiger partial charge is 0.378 e. The lowest BCUT2D eigenvalue weighted by Crippen LogP contribution is -2.37. The Morgan fingerprint density at radius 2 is 1.94 bits per heavy atom. The summed E-state index contributed by atoms with van der Waals surface area (Å²) < 4.78 is 20.6. The number of carbonyl (C=O) groups is 1. The average Bonchev–Trinajstić information content (AvgIpc) is 3.23. The molecule has 1 amide bonds. The molecule has 1 aromatic carbocycles. The van der Waals surface area contributed by atoms with Crippen LogP contribution in [0.1, 0.15) is 10.4 Å². The van der Waals surface area contributed by atoms with Crippen molar-refractivity contribution >= 4 is 49.1 Å². The van der Waals surface area contributed by atoms with E-state index < -0.39 is 12.6 Å². The van der Waals surface area contributed by atoms with E-state index in [0.717, 1.165) is 29.1 Å². The van der Waals surface area contributed by atoms with Crippen molar-refractivity contribution in [2.24, 2.45) is 0 Å². The highest BCUT2D eigenvalue weighted by Crippen LogP contribution is 2.31. The molecular formula is C23H24FN5O3S. The first-order chi connectivity index (χ1) is 16.2. The summed E-state index contributed by atoms with van der Waals surface area (Å²) >= 11 is 1.40. The predicted octanol–water partition coefficient (Wildman–Crippen LogP) is 2.19. The third-order valence-electron chi connectivity index (χ3n) is 5.69. The van der Waals surface area contributed by atoms with Crippen molar-refractivity contribution in [1.82, 2.24) is 20.0 Å². The topological polar surface area (TPSA) is 88.0 Å². The number of rotatable bonds is 7. The maximum atomic E-state index is 13.5. The van der Waals surface area contributed by atoms with E-state index in [9.17, 15) is 14.0 Å². The second-order valence-corrected chi connectivity index (χ2v) is 8.78. The molecule has 8 nitrogen and oxygen atoms in total. The Bertz CT molecular complexity index is 1380. The van der Waals surface area contributed by atoms with Crippen LogP contribution in [0.2, 0.25) is 0 Å². The van der Waals surface area contributed by atoms with Crippen molar-refractivity contribution in [3.63, 3.8) is 0 Å². The number of nitrogens with one attached hydrogen (secondary N) is 2. The van der Waals surface area contributed by atoms with Gasteiger partial charge in [-0.1, -0.05) is 12.1 Å². The van der Waals surface area contributed by atoms with E-state index >= 15 is 0 Å². The number of halogens is 1. The number of carbonyl (C=O) groups excluding carboxylic acids is 1. The summed E-state index contributed by atoms with van der Waals surface area (Å²) in [6.07, 6.45) is 0. The molecule has 5 rings (SSSR count). The Morgan fingerprint density at radius 1 is 1.12 bits per heavy atom. The third kappa shape index (κ3) is 4.05. The molecule has 172 valence electrons. The van der Waals surface area contributed by atoms with E-state index in [1.165, 1.54) is 11.3 Å². The van der Waals surface area contributed by atoms with Gasteiger partial charge in [0.25, 0.3) is 5.91 Å². The number of fused-ring (bicyclic) bond motifs is 5. The summed E-state index contributed by atoms with van der Waals surface area (Å²) in [6.45, 7) is 3.21. The molecule has 0 radical (unpaired) electrons. The summed E-state index contributed by atoms with van der Waals surface area (Å²) in [6, 6.07) is 11.4. The third-order valence-corrected chi connectivity index (χ3v) is 6.84. The summed E-state index contributed by atoms with van der Waals surface area (Å²) in [5, 5.41) is 6.08. The number of thiazole rings is 1. The van der Waals surface area contributed by atoms with Gasteiger partial charge >= 0.3 is 0 Å². The maximum Gasteiger partial charge on any atom is 0.258 e. The molecule has 4 aromatic rings. The van der Waals surface area contributed by atoms with Crippen LogP contribution in [-0.4, -0.2) is 67.9 Å². The van der Waals surface area contributed by atoms with Gasteiger partial charge in [-0.2, -0.15) is 0 Å². The molecular weight excluding hydrogens is 445 g/mol. The van der Waals surface area contributed by atoms with E-state index in [0.29, 0.717) is 42.2 Å². The van der Waals surface area contributed by atoms with Gasteiger partial charge in [-0.25, -0.2) is 9.37 Å². The molecule has 10 heteroatoms. The number of amides is 1. The Kier molecular flexibility index (Phi) is 6.21. The normalized spacial score (nSPS) is 14.4. The van der Waals surface area contributed by atoms with Gasteiger partial charge in [0.15, 0.2) is 5.65 Å². The van der Waals surface area contributed by atoms with Crippen LogP contribution < -0.4 is 21.0 Å². The highest BCUT2D eigenvalue weighted by molar-refractivity contribution is 7.24. The number of benzene rings is 1. The average molecular weight is 470 g/mol.